The SMILES string of the molecule is COCCNc1nc(C2CCCN(C(=O)C3CCOCC3)C2)cc2ncccc12. The Morgan fingerprint density at radius 1 is 1.34 bits per heavy atom. The Morgan fingerprint density at radius 3 is 3.03 bits per heavy atom. The van der Waals surface area contributed by atoms with Crippen molar-refractivity contribution in [2.45, 2.75) is 31.6 Å². The topological polar surface area (TPSA) is 76.6 Å². The first-order valence-electron chi connectivity index (χ1n) is 10.6. The van der Waals surface area contributed by atoms with Crippen LogP contribution in [0, 0.1) is 5.92 Å². The molecule has 156 valence electrons. The molecule has 0 aromatic carbocycles. The average molecular weight is 399 g/mol. The molecule has 2 aromatic heterocycles. The highest BCUT2D eigenvalue weighted by Gasteiger charge is 2.31. The van der Waals surface area contributed by atoms with E-state index < -0.39 is 0 Å². The van der Waals surface area contributed by atoms with E-state index in [0.717, 1.165) is 61.2 Å². The maximum absolute atomic E-state index is 13.0. The van der Waals surface area contributed by atoms with E-state index >= 15 is 0 Å². The normalized spacial score (nSPS) is 20.7. The number of amides is 1. The van der Waals surface area contributed by atoms with Crippen LogP contribution in [-0.4, -0.2) is 67.3 Å². The van der Waals surface area contributed by atoms with Crippen LogP contribution >= 0.6 is 0 Å². The molecule has 1 N–H and O–H groups in total. The molecule has 0 bridgehead atoms. The number of aromatic nitrogens is 2. The molecule has 2 aliphatic rings. The number of anilines is 1. The lowest BCUT2D eigenvalue weighted by Gasteiger charge is -2.35. The van der Waals surface area contributed by atoms with Gasteiger partial charge in [0.05, 0.1) is 12.1 Å². The van der Waals surface area contributed by atoms with Crippen molar-refractivity contribution < 1.29 is 14.3 Å². The first-order valence-corrected chi connectivity index (χ1v) is 10.6. The van der Waals surface area contributed by atoms with Gasteiger partial charge in [0.2, 0.25) is 5.91 Å². The van der Waals surface area contributed by atoms with E-state index in [1.807, 2.05) is 23.2 Å². The summed E-state index contributed by atoms with van der Waals surface area (Å²) in [6.45, 7) is 4.28. The summed E-state index contributed by atoms with van der Waals surface area (Å²) in [6.07, 6.45) is 5.54. The van der Waals surface area contributed by atoms with E-state index in [1.54, 1.807) is 7.11 Å². The van der Waals surface area contributed by atoms with Gasteiger partial charge in [0.1, 0.15) is 5.82 Å². The van der Waals surface area contributed by atoms with Crippen LogP contribution in [0.1, 0.15) is 37.3 Å². The lowest BCUT2D eigenvalue weighted by atomic mass is 9.91. The fourth-order valence-electron chi connectivity index (χ4n) is 4.33. The zero-order chi connectivity index (χ0) is 20.1. The van der Waals surface area contributed by atoms with Crippen LogP contribution < -0.4 is 5.32 Å². The highest BCUT2D eigenvalue weighted by atomic mass is 16.5. The number of hydrogen-bond donors (Lipinski definition) is 1. The summed E-state index contributed by atoms with van der Waals surface area (Å²) in [5.74, 6) is 1.48. The molecule has 4 rings (SSSR count). The van der Waals surface area contributed by atoms with Crippen LogP contribution in [0.4, 0.5) is 5.82 Å². The Kier molecular flexibility index (Phi) is 6.56. The molecule has 29 heavy (non-hydrogen) atoms. The molecular formula is C22H30N4O3. The largest absolute Gasteiger partial charge is 0.383 e. The van der Waals surface area contributed by atoms with Crippen molar-refractivity contribution >= 4 is 22.6 Å². The lowest BCUT2D eigenvalue weighted by Crippen LogP contribution is -2.43. The minimum atomic E-state index is 0.111. The summed E-state index contributed by atoms with van der Waals surface area (Å²) in [5.41, 5.74) is 1.95. The molecule has 0 aliphatic carbocycles. The highest BCUT2D eigenvalue weighted by Crippen LogP contribution is 2.31. The standard InChI is InChI=1S/C22H30N4O3/c1-28-13-9-24-21-18-5-2-8-23-20(18)14-19(25-21)17-4-3-10-26(15-17)22(27)16-6-11-29-12-7-16/h2,5,8,14,16-17H,3-4,6-7,9-13,15H2,1H3,(H,24,25). The molecule has 0 spiro atoms. The second kappa shape index (κ2) is 9.50. The van der Waals surface area contributed by atoms with E-state index in [-0.39, 0.29) is 17.7 Å². The number of carbonyl (C=O) groups is 1. The van der Waals surface area contributed by atoms with E-state index in [4.69, 9.17) is 14.5 Å². The Bertz CT molecular complexity index is 838. The first-order chi connectivity index (χ1) is 14.3. The number of pyridine rings is 2. The summed E-state index contributed by atoms with van der Waals surface area (Å²) < 4.78 is 10.6. The van der Waals surface area contributed by atoms with Crippen LogP contribution in [0.3, 0.4) is 0 Å². The third kappa shape index (κ3) is 4.67. The van der Waals surface area contributed by atoms with Gasteiger partial charge in [-0.2, -0.15) is 0 Å². The quantitative estimate of drug-likeness (QED) is 0.754. The van der Waals surface area contributed by atoms with Crippen LogP contribution in [0.2, 0.25) is 0 Å². The van der Waals surface area contributed by atoms with Crippen molar-refractivity contribution in [1.29, 1.82) is 0 Å². The Balaban J connectivity index is 1.54. The van der Waals surface area contributed by atoms with Gasteiger partial charge in [0.15, 0.2) is 0 Å². The molecule has 1 unspecified atom stereocenters. The molecule has 4 heterocycles. The molecule has 2 fully saturated rings. The van der Waals surface area contributed by atoms with E-state index in [9.17, 15) is 4.79 Å². The van der Waals surface area contributed by atoms with Gasteiger partial charge in [-0.1, -0.05) is 0 Å². The summed E-state index contributed by atoms with van der Waals surface area (Å²) in [7, 11) is 1.69. The van der Waals surface area contributed by atoms with Crippen molar-refractivity contribution in [2.75, 3.05) is 51.9 Å². The van der Waals surface area contributed by atoms with E-state index in [1.165, 1.54) is 0 Å². The minimum Gasteiger partial charge on any atom is -0.383 e. The number of nitrogens with one attached hydrogen (secondary N) is 1. The van der Waals surface area contributed by atoms with Crippen LogP contribution in [0.25, 0.3) is 10.9 Å². The zero-order valence-electron chi connectivity index (χ0n) is 17.1. The number of piperidine rings is 1. The maximum atomic E-state index is 13.0. The van der Waals surface area contributed by atoms with Gasteiger partial charge in [-0.25, -0.2) is 4.98 Å². The number of ether oxygens (including phenoxy) is 2. The van der Waals surface area contributed by atoms with Crippen LogP contribution in [-0.2, 0) is 14.3 Å². The van der Waals surface area contributed by atoms with Crippen LogP contribution in [0.5, 0.6) is 0 Å². The third-order valence-electron chi connectivity index (χ3n) is 5.94. The average Bonchev–Trinajstić information content (AvgIpc) is 2.79. The predicted octanol–water partition coefficient (Wildman–Crippen LogP) is 2.82. The van der Waals surface area contributed by atoms with Gasteiger partial charge in [0, 0.05) is 69.1 Å². The number of rotatable bonds is 6. The molecule has 2 saturated heterocycles. The van der Waals surface area contributed by atoms with Gasteiger partial charge in [-0.3, -0.25) is 9.78 Å². The van der Waals surface area contributed by atoms with Crippen molar-refractivity contribution in [3.8, 4) is 0 Å². The summed E-state index contributed by atoms with van der Waals surface area (Å²) in [4.78, 5) is 24.5. The minimum absolute atomic E-state index is 0.111. The first kappa shape index (κ1) is 20.0. The Morgan fingerprint density at radius 2 is 2.21 bits per heavy atom. The molecular weight excluding hydrogens is 368 g/mol. The highest BCUT2D eigenvalue weighted by molar-refractivity contribution is 5.89. The van der Waals surface area contributed by atoms with Crippen LogP contribution in [0.15, 0.2) is 24.4 Å². The zero-order valence-corrected chi connectivity index (χ0v) is 17.1. The Labute approximate surface area is 171 Å². The molecule has 2 aromatic rings. The van der Waals surface area contributed by atoms with Crippen molar-refractivity contribution in [3.05, 3.63) is 30.1 Å². The number of carbonyl (C=O) groups excluding carboxylic acids is 1. The van der Waals surface area contributed by atoms with Crippen molar-refractivity contribution in [3.63, 3.8) is 0 Å². The monoisotopic (exact) mass is 398 g/mol. The van der Waals surface area contributed by atoms with Gasteiger partial charge >= 0.3 is 0 Å². The van der Waals surface area contributed by atoms with E-state index in [0.29, 0.717) is 26.4 Å². The predicted molar refractivity (Wildman–Crippen MR) is 112 cm³/mol. The number of hydrogen-bond acceptors (Lipinski definition) is 6. The molecule has 0 radical (unpaired) electrons. The number of fused-ring (bicyclic) bond motifs is 1. The van der Waals surface area contributed by atoms with Crippen molar-refractivity contribution in [2.24, 2.45) is 5.92 Å². The smallest absolute Gasteiger partial charge is 0.225 e. The molecule has 0 saturated carbocycles. The molecule has 2 aliphatic heterocycles. The van der Waals surface area contributed by atoms with E-state index in [2.05, 4.69) is 16.4 Å². The lowest BCUT2D eigenvalue weighted by molar-refractivity contribution is -0.139. The summed E-state index contributed by atoms with van der Waals surface area (Å²) in [5, 5.41) is 4.40. The van der Waals surface area contributed by atoms with Gasteiger partial charge in [-0.05, 0) is 43.9 Å². The molecule has 7 nitrogen and oxygen atoms in total. The molecule has 7 heteroatoms. The fraction of sp³-hybridized carbons (Fsp3) is 0.591. The second-order valence-electron chi connectivity index (χ2n) is 7.90. The number of nitrogens with zero attached hydrogens (tertiary/aromatic N) is 3. The Hall–Kier alpha value is -2.25. The van der Waals surface area contributed by atoms with Gasteiger partial charge in [0.25, 0.3) is 0 Å². The molecule has 1 amide bonds. The van der Waals surface area contributed by atoms with Gasteiger partial charge in [-0.15, -0.1) is 0 Å². The van der Waals surface area contributed by atoms with Gasteiger partial charge < -0.3 is 19.7 Å². The number of likely N-dealkylation sites (tertiary alicyclic amines) is 1. The third-order valence-corrected chi connectivity index (χ3v) is 5.94. The number of methoxy groups -OCH3 is 1. The molecule has 1 atom stereocenters. The fourth-order valence-corrected chi connectivity index (χ4v) is 4.33. The maximum Gasteiger partial charge on any atom is 0.225 e. The second-order valence-corrected chi connectivity index (χ2v) is 7.90. The summed E-state index contributed by atoms with van der Waals surface area (Å²) in [6, 6.07) is 6.06. The summed E-state index contributed by atoms with van der Waals surface area (Å²) >= 11 is 0. The van der Waals surface area contributed by atoms with Crippen molar-refractivity contribution in [1.82, 2.24) is 14.9 Å².